The number of anilines is 1. The molecule has 1 fully saturated rings. The number of aliphatic hydroxyl groups is 1. The van der Waals surface area contributed by atoms with Gasteiger partial charge in [-0.05, 0) is 50.7 Å². The van der Waals surface area contributed by atoms with E-state index >= 15 is 0 Å². The van der Waals surface area contributed by atoms with Gasteiger partial charge in [0.25, 0.3) is 0 Å². The highest BCUT2D eigenvalue weighted by atomic mass is 16.3. The fourth-order valence-electron chi connectivity index (χ4n) is 3.09. The minimum absolute atomic E-state index is 0.0571. The maximum atomic E-state index is 12.3. The third kappa shape index (κ3) is 3.65. The first-order valence-corrected chi connectivity index (χ1v) is 7.71. The first kappa shape index (κ1) is 16.5. The molecular weight excluding hydrogens is 280 g/mol. The van der Waals surface area contributed by atoms with Gasteiger partial charge >= 0.3 is 11.8 Å². The van der Waals surface area contributed by atoms with E-state index in [1.165, 1.54) is 0 Å². The van der Waals surface area contributed by atoms with Gasteiger partial charge in [0.2, 0.25) is 0 Å². The summed E-state index contributed by atoms with van der Waals surface area (Å²) in [6.07, 6.45) is 1.73. The molecule has 1 atom stereocenters. The van der Waals surface area contributed by atoms with Crippen molar-refractivity contribution in [1.82, 2.24) is 4.90 Å². The van der Waals surface area contributed by atoms with Gasteiger partial charge in [0, 0.05) is 25.4 Å². The molecule has 120 valence electrons. The first-order chi connectivity index (χ1) is 10.4. The van der Waals surface area contributed by atoms with Crippen molar-refractivity contribution in [1.29, 1.82) is 0 Å². The van der Waals surface area contributed by atoms with Crippen LogP contribution >= 0.6 is 0 Å². The lowest BCUT2D eigenvalue weighted by Gasteiger charge is -2.31. The zero-order valence-corrected chi connectivity index (χ0v) is 13.5. The molecule has 0 spiro atoms. The third-order valence-electron chi connectivity index (χ3n) is 4.17. The van der Waals surface area contributed by atoms with Gasteiger partial charge < -0.3 is 15.3 Å². The van der Waals surface area contributed by atoms with Gasteiger partial charge in [0.15, 0.2) is 0 Å². The molecule has 0 saturated carbocycles. The topological polar surface area (TPSA) is 69.6 Å². The predicted octanol–water partition coefficient (Wildman–Crippen LogP) is 1.78. The van der Waals surface area contributed by atoms with E-state index in [1.807, 2.05) is 32.9 Å². The Kier molecular flexibility index (Phi) is 5.19. The zero-order valence-electron chi connectivity index (χ0n) is 13.5. The van der Waals surface area contributed by atoms with Gasteiger partial charge in [-0.15, -0.1) is 0 Å². The Morgan fingerprint density at radius 2 is 1.91 bits per heavy atom. The molecule has 0 aromatic heterocycles. The van der Waals surface area contributed by atoms with Crippen LogP contribution in [0.1, 0.15) is 29.5 Å². The second-order valence-corrected chi connectivity index (χ2v) is 6.17. The Bertz CT molecular complexity index is 560. The summed E-state index contributed by atoms with van der Waals surface area (Å²) in [6.45, 7) is 6.93. The molecule has 1 saturated heterocycles. The fraction of sp³-hybridized carbons (Fsp3) is 0.529. The summed E-state index contributed by atoms with van der Waals surface area (Å²) in [4.78, 5) is 26.1. The highest BCUT2D eigenvalue weighted by Crippen LogP contribution is 2.22. The summed E-state index contributed by atoms with van der Waals surface area (Å²) >= 11 is 0. The van der Waals surface area contributed by atoms with Gasteiger partial charge in [0.05, 0.1) is 0 Å². The standard InChI is InChI=1S/C17H24N2O3/c1-11-7-12(2)15(13(3)8-11)18-16(21)17(22)19-6-4-5-14(9-19)10-20/h7-8,14,20H,4-6,9-10H2,1-3H3,(H,18,21). The highest BCUT2D eigenvalue weighted by molar-refractivity contribution is 6.39. The van der Waals surface area contributed by atoms with Crippen LogP contribution in [0.15, 0.2) is 12.1 Å². The van der Waals surface area contributed by atoms with Crippen LogP contribution in [-0.2, 0) is 9.59 Å². The van der Waals surface area contributed by atoms with Crippen molar-refractivity contribution in [2.75, 3.05) is 25.0 Å². The van der Waals surface area contributed by atoms with Crippen LogP contribution in [-0.4, -0.2) is 41.5 Å². The monoisotopic (exact) mass is 304 g/mol. The SMILES string of the molecule is Cc1cc(C)c(NC(=O)C(=O)N2CCCC(CO)C2)c(C)c1. The number of aryl methyl sites for hydroxylation is 3. The second-order valence-electron chi connectivity index (χ2n) is 6.17. The Morgan fingerprint density at radius 3 is 2.50 bits per heavy atom. The molecule has 5 heteroatoms. The fourth-order valence-corrected chi connectivity index (χ4v) is 3.09. The molecule has 1 aliphatic heterocycles. The number of nitrogens with zero attached hydrogens (tertiary/aromatic N) is 1. The van der Waals surface area contributed by atoms with Crippen molar-refractivity contribution in [3.8, 4) is 0 Å². The van der Waals surface area contributed by atoms with Crippen molar-refractivity contribution in [3.05, 3.63) is 28.8 Å². The largest absolute Gasteiger partial charge is 0.396 e. The number of carbonyl (C=O) groups is 2. The van der Waals surface area contributed by atoms with Gasteiger partial charge in [-0.2, -0.15) is 0 Å². The number of rotatable bonds is 2. The number of hydrogen-bond acceptors (Lipinski definition) is 3. The molecule has 1 aliphatic rings. The molecule has 0 bridgehead atoms. The van der Waals surface area contributed by atoms with Crippen LogP contribution < -0.4 is 5.32 Å². The molecule has 0 aliphatic carbocycles. The lowest BCUT2D eigenvalue weighted by molar-refractivity contribution is -0.144. The second kappa shape index (κ2) is 6.92. The van der Waals surface area contributed by atoms with Crippen LogP contribution in [0.5, 0.6) is 0 Å². The average Bonchev–Trinajstić information content (AvgIpc) is 2.49. The Balaban J connectivity index is 2.07. The predicted molar refractivity (Wildman–Crippen MR) is 85.7 cm³/mol. The van der Waals surface area contributed by atoms with E-state index in [2.05, 4.69) is 5.32 Å². The Labute approximate surface area is 131 Å². The lowest BCUT2D eigenvalue weighted by Crippen LogP contribution is -2.46. The summed E-state index contributed by atoms with van der Waals surface area (Å²) in [5, 5.41) is 12.0. The normalized spacial score (nSPS) is 18.2. The van der Waals surface area contributed by atoms with E-state index in [4.69, 9.17) is 0 Å². The maximum Gasteiger partial charge on any atom is 0.313 e. The van der Waals surface area contributed by atoms with Gasteiger partial charge in [0.1, 0.15) is 0 Å². The van der Waals surface area contributed by atoms with Crippen LogP contribution in [0.25, 0.3) is 0 Å². The lowest BCUT2D eigenvalue weighted by atomic mass is 9.99. The van der Waals surface area contributed by atoms with Crippen LogP contribution in [0.2, 0.25) is 0 Å². The number of benzene rings is 1. The number of piperidine rings is 1. The molecular formula is C17H24N2O3. The number of carbonyl (C=O) groups excluding carboxylic acids is 2. The van der Waals surface area contributed by atoms with Crippen molar-refractivity contribution >= 4 is 17.5 Å². The third-order valence-corrected chi connectivity index (χ3v) is 4.17. The smallest absolute Gasteiger partial charge is 0.313 e. The van der Waals surface area contributed by atoms with Gasteiger partial charge in [-0.1, -0.05) is 17.7 Å². The first-order valence-electron chi connectivity index (χ1n) is 7.71. The Hall–Kier alpha value is -1.88. The molecule has 2 amide bonds. The minimum Gasteiger partial charge on any atom is -0.396 e. The molecule has 22 heavy (non-hydrogen) atoms. The quantitative estimate of drug-likeness (QED) is 0.818. The molecule has 1 aromatic rings. The molecule has 2 rings (SSSR count). The highest BCUT2D eigenvalue weighted by Gasteiger charge is 2.28. The zero-order chi connectivity index (χ0) is 16.3. The average molecular weight is 304 g/mol. The molecule has 5 nitrogen and oxygen atoms in total. The summed E-state index contributed by atoms with van der Waals surface area (Å²) < 4.78 is 0. The summed E-state index contributed by atoms with van der Waals surface area (Å²) in [5.74, 6) is -1.04. The number of amides is 2. The Morgan fingerprint density at radius 1 is 1.27 bits per heavy atom. The van der Waals surface area contributed by atoms with Crippen LogP contribution in [0.4, 0.5) is 5.69 Å². The van der Waals surface area contributed by atoms with Crippen molar-refractivity contribution in [3.63, 3.8) is 0 Å². The number of nitrogens with one attached hydrogen (secondary N) is 1. The van der Waals surface area contributed by atoms with E-state index in [0.717, 1.165) is 29.5 Å². The summed E-state index contributed by atoms with van der Waals surface area (Å²) in [7, 11) is 0. The number of aliphatic hydroxyl groups excluding tert-OH is 1. The number of likely N-dealkylation sites (tertiary alicyclic amines) is 1. The van der Waals surface area contributed by atoms with Crippen molar-refractivity contribution in [2.24, 2.45) is 5.92 Å². The van der Waals surface area contributed by atoms with Gasteiger partial charge in [-0.3, -0.25) is 9.59 Å². The summed E-state index contributed by atoms with van der Waals surface area (Å²) in [5.41, 5.74) is 3.73. The molecule has 0 radical (unpaired) electrons. The number of hydrogen-bond donors (Lipinski definition) is 2. The molecule has 1 heterocycles. The molecule has 2 N–H and O–H groups in total. The van der Waals surface area contributed by atoms with Gasteiger partial charge in [-0.25, -0.2) is 0 Å². The molecule has 1 unspecified atom stereocenters. The van der Waals surface area contributed by atoms with E-state index < -0.39 is 11.8 Å². The van der Waals surface area contributed by atoms with E-state index in [0.29, 0.717) is 18.8 Å². The van der Waals surface area contributed by atoms with Crippen molar-refractivity contribution in [2.45, 2.75) is 33.6 Å². The minimum atomic E-state index is -0.603. The van der Waals surface area contributed by atoms with E-state index in [1.54, 1.807) is 4.90 Å². The molecule has 1 aromatic carbocycles. The summed E-state index contributed by atoms with van der Waals surface area (Å²) in [6, 6.07) is 3.96. The van der Waals surface area contributed by atoms with Crippen molar-refractivity contribution < 1.29 is 14.7 Å². The van der Waals surface area contributed by atoms with Crippen LogP contribution in [0.3, 0.4) is 0 Å². The van der Waals surface area contributed by atoms with E-state index in [-0.39, 0.29) is 12.5 Å². The maximum absolute atomic E-state index is 12.3. The van der Waals surface area contributed by atoms with Crippen LogP contribution in [0, 0.1) is 26.7 Å². The van der Waals surface area contributed by atoms with E-state index in [9.17, 15) is 14.7 Å².